The topological polar surface area (TPSA) is 28.2 Å². The van der Waals surface area contributed by atoms with Gasteiger partial charge in [0.05, 0.1) is 11.4 Å². The van der Waals surface area contributed by atoms with E-state index >= 15 is 0 Å². The molecule has 0 aliphatic carbocycles. The quantitative estimate of drug-likeness (QED) is 0.907. The summed E-state index contributed by atoms with van der Waals surface area (Å²) in [6, 6.07) is 12.2. The monoisotopic (exact) mass is 269 g/mol. The van der Waals surface area contributed by atoms with Crippen LogP contribution in [0.3, 0.4) is 0 Å². The van der Waals surface area contributed by atoms with Crippen molar-refractivity contribution in [1.29, 1.82) is 0 Å². The van der Waals surface area contributed by atoms with Gasteiger partial charge in [0.1, 0.15) is 6.67 Å². The third kappa shape index (κ3) is 1.83. The minimum Gasteiger partial charge on any atom is -0.366 e. The number of benzene rings is 1. The number of nitrogens with zero attached hydrogens (tertiary/aromatic N) is 2. The first-order valence-corrected chi connectivity index (χ1v) is 7.01. The second-order valence-electron chi connectivity index (χ2n) is 5.47. The summed E-state index contributed by atoms with van der Waals surface area (Å²) < 4.78 is 12.8. The fourth-order valence-electron chi connectivity index (χ4n) is 3.08. The van der Waals surface area contributed by atoms with Crippen LogP contribution in [0.4, 0.5) is 15.9 Å². The van der Waals surface area contributed by atoms with E-state index in [0.29, 0.717) is 11.6 Å². The van der Waals surface area contributed by atoms with Crippen molar-refractivity contribution in [3.05, 3.63) is 42.0 Å². The van der Waals surface area contributed by atoms with Crippen molar-refractivity contribution in [2.75, 3.05) is 23.3 Å². The average Bonchev–Trinajstić information content (AvgIpc) is 2.89. The molecule has 1 aromatic carbocycles. The Labute approximate surface area is 117 Å². The summed E-state index contributed by atoms with van der Waals surface area (Å²) in [6.45, 7) is 1.74. The number of rotatable bonds is 2. The van der Waals surface area contributed by atoms with Crippen molar-refractivity contribution in [2.24, 2.45) is 0 Å². The van der Waals surface area contributed by atoms with Crippen LogP contribution in [0.5, 0.6) is 0 Å². The Kier molecular flexibility index (Phi) is 2.62. The van der Waals surface area contributed by atoms with E-state index in [4.69, 9.17) is 4.98 Å². The molecule has 1 atom stereocenters. The summed E-state index contributed by atoms with van der Waals surface area (Å²) in [4.78, 5) is 7.10. The third-order valence-corrected chi connectivity index (χ3v) is 4.12. The lowest BCUT2D eigenvalue weighted by Crippen LogP contribution is -2.32. The zero-order valence-electron chi connectivity index (χ0n) is 11.1. The molecule has 0 radical (unpaired) electrons. The zero-order valence-corrected chi connectivity index (χ0v) is 11.1. The number of halogens is 1. The van der Waals surface area contributed by atoms with E-state index in [-0.39, 0.29) is 0 Å². The van der Waals surface area contributed by atoms with Gasteiger partial charge < -0.3 is 10.2 Å². The molecule has 1 saturated heterocycles. The predicted molar refractivity (Wildman–Crippen MR) is 78.7 cm³/mol. The molecule has 2 aliphatic rings. The highest BCUT2D eigenvalue weighted by Crippen LogP contribution is 2.35. The largest absolute Gasteiger partial charge is 0.366 e. The van der Waals surface area contributed by atoms with Crippen LogP contribution in [0.1, 0.15) is 12.0 Å². The van der Waals surface area contributed by atoms with Crippen molar-refractivity contribution in [1.82, 2.24) is 4.98 Å². The van der Waals surface area contributed by atoms with E-state index in [1.54, 1.807) is 6.07 Å². The number of hydrogen-bond acceptors (Lipinski definition) is 3. The Balaban J connectivity index is 1.75. The van der Waals surface area contributed by atoms with Gasteiger partial charge in [0, 0.05) is 24.7 Å². The van der Waals surface area contributed by atoms with Crippen LogP contribution < -0.4 is 10.2 Å². The molecule has 4 heteroatoms. The van der Waals surface area contributed by atoms with Gasteiger partial charge >= 0.3 is 0 Å². The second-order valence-corrected chi connectivity index (χ2v) is 5.47. The second kappa shape index (κ2) is 4.47. The summed E-state index contributed by atoms with van der Waals surface area (Å²) in [7, 11) is 0. The maximum atomic E-state index is 12.8. The lowest BCUT2D eigenvalue weighted by molar-refractivity contribution is 0.485. The van der Waals surface area contributed by atoms with Crippen LogP contribution in [0, 0.1) is 0 Å². The lowest BCUT2D eigenvalue weighted by Gasteiger charge is -2.28. The molecule has 1 fully saturated rings. The fourth-order valence-corrected chi connectivity index (χ4v) is 3.08. The summed E-state index contributed by atoms with van der Waals surface area (Å²) in [5.41, 5.74) is 3.75. The number of nitrogens with one attached hydrogen (secondary N) is 1. The molecule has 1 aromatic heterocycles. The van der Waals surface area contributed by atoms with Gasteiger partial charge in [-0.05, 0) is 30.2 Å². The van der Waals surface area contributed by atoms with Gasteiger partial charge in [0.15, 0.2) is 5.82 Å². The number of alkyl halides is 1. The first-order valence-electron chi connectivity index (χ1n) is 7.01. The molecule has 20 heavy (non-hydrogen) atoms. The minimum absolute atomic E-state index is 0.438. The molecule has 0 unspecified atom stereocenters. The van der Waals surface area contributed by atoms with Crippen molar-refractivity contribution in [3.8, 4) is 11.3 Å². The molecule has 4 rings (SSSR count). The van der Waals surface area contributed by atoms with Gasteiger partial charge in [0.25, 0.3) is 0 Å². The molecule has 2 aliphatic heterocycles. The number of fused-ring (bicyclic) bond motifs is 4. The van der Waals surface area contributed by atoms with E-state index < -0.39 is 6.67 Å². The first-order chi connectivity index (χ1) is 9.83. The van der Waals surface area contributed by atoms with Crippen LogP contribution in [-0.2, 0) is 6.67 Å². The Bertz CT molecular complexity index is 656. The van der Waals surface area contributed by atoms with Crippen LogP contribution in [0.25, 0.3) is 11.3 Å². The van der Waals surface area contributed by atoms with Gasteiger partial charge in [-0.15, -0.1) is 0 Å². The Morgan fingerprint density at radius 1 is 1.30 bits per heavy atom. The molecule has 0 spiro atoms. The highest BCUT2D eigenvalue weighted by molar-refractivity contribution is 5.74. The van der Waals surface area contributed by atoms with Gasteiger partial charge in [-0.25, -0.2) is 9.37 Å². The Morgan fingerprint density at radius 3 is 3.15 bits per heavy atom. The Hall–Kier alpha value is -2.10. The highest BCUT2D eigenvalue weighted by Gasteiger charge is 2.30. The fraction of sp³-hybridized carbons (Fsp3) is 0.312. The normalized spacial score (nSPS) is 19.6. The lowest BCUT2D eigenvalue weighted by atomic mass is 10.1. The summed E-state index contributed by atoms with van der Waals surface area (Å²) in [6.07, 6.45) is 1.17. The van der Waals surface area contributed by atoms with E-state index in [1.807, 2.05) is 24.3 Å². The summed E-state index contributed by atoms with van der Waals surface area (Å²) >= 11 is 0. The van der Waals surface area contributed by atoms with Crippen LogP contribution in [0.2, 0.25) is 0 Å². The van der Waals surface area contributed by atoms with Crippen molar-refractivity contribution < 1.29 is 4.39 Å². The SMILES string of the molecule is FCc1cccc(-c2ccc3c(n2)N[C@H]2CCN3C2)c1. The number of aromatic nitrogens is 1. The zero-order chi connectivity index (χ0) is 13.5. The van der Waals surface area contributed by atoms with Crippen LogP contribution >= 0.6 is 0 Å². The molecule has 0 saturated carbocycles. The molecule has 1 N–H and O–H groups in total. The van der Waals surface area contributed by atoms with E-state index in [1.165, 1.54) is 12.1 Å². The van der Waals surface area contributed by atoms with Gasteiger partial charge in [0.2, 0.25) is 0 Å². The minimum atomic E-state index is -0.438. The maximum Gasteiger partial charge on any atom is 0.150 e. The smallest absolute Gasteiger partial charge is 0.150 e. The van der Waals surface area contributed by atoms with E-state index in [2.05, 4.69) is 16.3 Å². The number of hydrogen-bond donors (Lipinski definition) is 1. The van der Waals surface area contributed by atoms with Gasteiger partial charge in [-0.1, -0.05) is 18.2 Å². The average molecular weight is 269 g/mol. The van der Waals surface area contributed by atoms with Crippen LogP contribution in [0.15, 0.2) is 36.4 Å². The van der Waals surface area contributed by atoms with Crippen molar-refractivity contribution in [3.63, 3.8) is 0 Å². The number of pyridine rings is 1. The highest BCUT2D eigenvalue weighted by atomic mass is 19.1. The summed E-state index contributed by atoms with van der Waals surface area (Å²) in [5, 5.41) is 3.50. The van der Waals surface area contributed by atoms with Crippen LogP contribution in [-0.4, -0.2) is 24.1 Å². The molecule has 102 valence electrons. The number of anilines is 2. The molecule has 2 bridgehead atoms. The summed E-state index contributed by atoms with van der Waals surface area (Å²) in [5.74, 6) is 0.960. The predicted octanol–water partition coefficient (Wildman–Crippen LogP) is 3.22. The molecular weight excluding hydrogens is 253 g/mol. The maximum absolute atomic E-state index is 12.8. The van der Waals surface area contributed by atoms with Gasteiger partial charge in [-0.3, -0.25) is 0 Å². The molecule has 3 nitrogen and oxygen atoms in total. The van der Waals surface area contributed by atoms with Crippen molar-refractivity contribution >= 4 is 11.5 Å². The van der Waals surface area contributed by atoms with E-state index in [9.17, 15) is 4.39 Å². The molecule has 0 amide bonds. The van der Waals surface area contributed by atoms with E-state index in [0.717, 1.165) is 30.2 Å². The molecular formula is C16H16FN3. The molecule has 3 heterocycles. The standard InChI is InChI=1S/C16H16FN3/c17-9-11-2-1-3-12(8-11)14-4-5-15-16(19-14)18-13-6-7-20(15)10-13/h1-5,8,13H,6-7,9-10H2,(H,18,19)/t13-/m0/s1. The molecule has 2 aromatic rings. The Morgan fingerprint density at radius 2 is 2.25 bits per heavy atom. The first kappa shape index (κ1) is 11.7. The third-order valence-electron chi connectivity index (χ3n) is 4.12. The van der Waals surface area contributed by atoms with Gasteiger partial charge in [-0.2, -0.15) is 0 Å². The van der Waals surface area contributed by atoms with Crippen molar-refractivity contribution in [2.45, 2.75) is 19.1 Å².